The number of nitrogens with two attached hydrogens (primary N) is 1. The van der Waals surface area contributed by atoms with Crippen LogP contribution in [0.15, 0.2) is 77.5 Å². The molecule has 1 aliphatic carbocycles. The van der Waals surface area contributed by atoms with Crippen molar-refractivity contribution in [1.29, 1.82) is 15.8 Å². The molecule has 158 valence electrons. The molecule has 2 N–H and O–H groups in total. The normalized spacial score (nSPS) is 22.1. The molecule has 0 bridgehead atoms. The van der Waals surface area contributed by atoms with E-state index >= 15 is 0 Å². The first-order chi connectivity index (χ1) is 15.6. The second-order valence-electron chi connectivity index (χ2n) is 8.42. The Labute approximate surface area is 189 Å². The third-order valence-corrected chi connectivity index (χ3v) is 6.66. The van der Waals surface area contributed by atoms with Gasteiger partial charge in [-0.1, -0.05) is 67.6 Å². The molecule has 2 aromatic carbocycles. The van der Waals surface area contributed by atoms with Crippen molar-refractivity contribution in [2.45, 2.75) is 19.3 Å². The van der Waals surface area contributed by atoms with Crippen LogP contribution in [-0.2, 0) is 0 Å². The summed E-state index contributed by atoms with van der Waals surface area (Å²) in [5, 5.41) is 30.3. The lowest BCUT2D eigenvalue weighted by atomic mass is 9.58. The maximum Gasteiger partial charge on any atom is 0.191 e. The summed E-state index contributed by atoms with van der Waals surface area (Å²) in [7, 11) is 0. The molecule has 1 aliphatic heterocycles. The maximum atomic E-state index is 10.2. The summed E-state index contributed by atoms with van der Waals surface area (Å²) >= 11 is 0. The minimum Gasteiger partial charge on any atom is -0.399 e. The van der Waals surface area contributed by atoms with Crippen molar-refractivity contribution in [2.75, 3.05) is 19.6 Å². The second kappa shape index (κ2) is 8.72. The van der Waals surface area contributed by atoms with Gasteiger partial charge < -0.3 is 5.73 Å². The minimum absolute atomic E-state index is 0.0774. The van der Waals surface area contributed by atoms with Gasteiger partial charge in [-0.15, -0.1) is 0 Å². The van der Waals surface area contributed by atoms with Gasteiger partial charge in [0, 0.05) is 24.9 Å². The molecule has 2 atom stereocenters. The van der Waals surface area contributed by atoms with Crippen LogP contribution in [0.5, 0.6) is 0 Å². The highest BCUT2D eigenvalue weighted by atomic mass is 15.1. The van der Waals surface area contributed by atoms with Crippen LogP contribution in [0, 0.1) is 45.3 Å². The summed E-state index contributed by atoms with van der Waals surface area (Å²) < 4.78 is 0. The molecule has 1 heterocycles. The van der Waals surface area contributed by atoms with E-state index in [0.29, 0.717) is 12.1 Å². The third-order valence-electron chi connectivity index (χ3n) is 6.66. The van der Waals surface area contributed by atoms with Crippen molar-refractivity contribution in [1.82, 2.24) is 4.90 Å². The lowest BCUT2D eigenvalue weighted by molar-refractivity contribution is 0.207. The number of allylic oxidation sites excluding steroid dienone is 2. The van der Waals surface area contributed by atoms with Crippen LogP contribution < -0.4 is 5.73 Å². The molecule has 32 heavy (non-hydrogen) atoms. The van der Waals surface area contributed by atoms with Crippen LogP contribution in [0.25, 0.3) is 11.1 Å². The number of rotatable bonds is 4. The first-order valence-corrected chi connectivity index (χ1v) is 10.9. The van der Waals surface area contributed by atoms with E-state index in [4.69, 9.17) is 5.73 Å². The fourth-order valence-electron chi connectivity index (χ4n) is 5.13. The van der Waals surface area contributed by atoms with Gasteiger partial charge in [-0.25, -0.2) is 0 Å². The van der Waals surface area contributed by atoms with Gasteiger partial charge >= 0.3 is 0 Å². The Morgan fingerprint density at radius 2 is 1.66 bits per heavy atom. The zero-order chi connectivity index (χ0) is 22.7. The molecule has 0 spiro atoms. The lowest BCUT2D eigenvalue weighted by Crippen LogP contribution is -2.48. The Bertz CT molecular complexity index is 1170. The van der Waals surface area contributed by atoms with Crippen molar-refractivity contribution in [3.63, 3.8) is 0 Å². The first-order valence-electron chi connectivity index (χ1n) is 10.9. The summed E-state index contributed by atoms with van der Waals surface area (Å²) in [5.41, 5.74) is 9.12. The molecule has 0 amide bonds. The van der Waals surface area contributed by atoms with Crippen LogP contribution in [0.1, 0.15) is 24.8 Å². The summed E-state index contributed by atoms with van der Waals surface area (Å²) in [5.74, 6) is -0.607. The van der Waals surface area contributed by atoms with E-state index < -0.39 is 11.3 Å². The van der Waals surface area contributed by atoms with Crippen molar-refractivity contribution in [3.8, 4) is 29.3 Å². The van der Waals surface area contributed by atoms with Crippen molar-refractivity contribution >= 4 is 0 Å². The first kappa shape index (κ1) is 21.4. The quantitative estimate of drug-likeness (QED) is 0.787. The number of fused-ring (bicyclic) bond motifs is 1. The summed E-state index contributed by atoms with van der Waals surface area (Å²) in [4.78, 5) is 2.31. The highest BCUT2D eigenvalue weighted by Crippen LogP contribution is 2.54. The molecule has 5 nitrogen and oxygen atoms in total. The molecule has 0 radical (unpaired) electrons. The van der Waals surface area contributed by atoms with E-state index in [-0.39, 0.29) is 11.6 Å². The van der Waals surface area contributed by atoms with Crippen LogP contribution in [-0.4, -0.2) is 24.5 Å². The van der Waals surface area contributed by atoms with Gasteiger partial charge in [0.15, 0.2) is 5.41 Å². The van der Waals surface area contributed by atoms with Crippen LogP contribution >= 0.6 is 0 Å². The molecular formula is C27H25N5. The van der Waals surface area contributed by atoms with E-state index in [2.05, 4.69) is 48.2 Å². The SMILES string of the molecule is CCCN1CC=C2C(C#N)=C(N)C(C#N)(C#N)[C@@H](c3ccc(-c4ccccc4)cc3)[C@@H]2C1. The average Bonchev–Trinajstić information content (AvgIpc) is 2.84. The van der Waals surface area contributed by atoms with E-state index in [0.717, 1.165) is 41.8 Å². The molecule has 0 saturated carbocycles. The highest BCUT2D eigenvalue weighted by molar-refractivity contribution is 5.65. The number of benzene rings is 2. The molecule has 0 fully saturated rings. The van der Waals surface area contributed by atoms with E-state index in [1.165, 1.54) is 0 Å². The van der Waals surface area contributed by atoms with Crippen molar-refractivity contribution in [2.24, 2.45) is 17.1 Å². The number of nitriles is 3. The predicted octanol–water partition coefficient (Wildman–Crippen LogP) is 4.49. The van der Waals surface area contributed by atoms with Crippen LogP contribution in [0.4, 0.5) is 0 Å². The summed E-state index contributed by atoms with van der Waals surface area (Å²) in [6.45, 7) is 4.48. The Balaban J connectivity index is 1.86. The molecule has 0 aromatic heterocycles. The molecule has 2 aromatic rings. The minimum atomic E-state index is -1.59. The van der Waals surface area contributed by atoms with Gasteiger partial charge in [0.1, 0.15) is 6.07 Å². The molecule has 5 heteroatoms. The van der Waals surface area contributed by atoms with E-state index in [1.807, 2.05) is 42.5 Å². The third kappa shape index (κ3) is 3.36. The molecular weight excluding hydrogens is 394 g/mol. The fraction of sp³-hybridized carbons (Fsp3) is 0.296. The Morgan fingerprint density at radius 1 is 1.00 bits per heavy atom. The molecule has 0 saturated heterocycles. The van der Waals surface area contributed by atoms with Crippen molar-refractivity contribution < 1.29 is 0 Å². The lowest BCUT2D eigenvalue weighted by Gasteiger charge is -2.45. The Hall–Kier alpha value is -3.85. The molecule has 2 aliphatic rings. The largest absolute Gasteiger partial charge is 0.399 e. The van der Waals surface area contributed by atoms with Gasteiger partial charge in [-0.3, -0.25) is 4.90 Å². The van der Waals surface area contributed by atoms with Crippen LogP contribution in [0.2, 0.25) is 0 Å². The van der Waals surface area contributed by atoms with Gasteiger partial charge in [-0.05, 0) is 35.2 Å². The Morgan fingerprint density at radius 3 is 2.25 bits per heavy atom. The smallest absolute Gasteiger partial charge is 0.191 e. The van der Waals surface area contributed by atoms with Gasteiger partial charge in [0.2, 0.25) is 0 Å². The van der Waals surface area contributed by atoms with E-state index in [1.54, 1.807) is 0 Å². The maximum absolute atomic E-state index is 10.2. The monoisotopic (exact) mass is 419 g/mol. The van der Waals surface area contributed by atoms with Gasteiger partial charge in [-0.2, -0.15) is 15.8 Å². The molecule has 0 unspecified atom stereocenters. The average molecular weight is 420 g/mol. The topological polar surface area (TPSA) is 101 Å². The van der Waals surface area contributed by atoms with Gasteiger partial charge in [0.05, 0.1) is 23.4 Å². The second-order valence-corrected chi connectivity index (χ2v) is 8.42. The number of hydrogen-bond acceptors (Lipinski definition) is 5. The zero-order valence-electron chi connectivity index (χ0n) is 18.1. The van der Waals surface area contributed by atoms with Crippen molar-refractivity contribution in [3.05, 3.63) is 83.1 Å². The standard InChI is InChI=1S/C27H25N5/c1-2-13-32-14-12-22-23(15-28)26(31)27(17-29,18-30)25(24(22)16-32)21-10-8-20(9-11-21)19-6-4-3-5-7-19/h3-12,24-25H,2,13-14,16,31H2,1H3/t24-,25+/m1/s1. The Kier molecular flexibility index (Phi) is 5.83. The zero-order valence-corrected chi connectivity index (χ0v) is 18.1. The fourth-order valence-corrected chi connectivity index (χ4v) is 5.13. The number of nitrogens with zero attached hydrogens (tertiary/aromatic N) is 4. The highest BCUT2D eigenvalue weighted by Gasteiger charge is 2.54. The van der Waals surface area contributed by atoms with Crippen LogP contribution in [0.3, 0.4) is 0 Å². The summed E-state index contributed by atoms with van der Waals surface area (Å²) in [6.07, 6.45) is 3.07. The molecule has 4 rings (SSSR count). The van der Waals surface area contributed by atoms with E-state index in [9.17, 15) is 15.8 Å². The number of hydrogen-bond donors (Lipinski definition) is 1. The predicted molar refractivity (Wildman–Crippen MR) is 123 cm³/mol. The summed E-state index contributed by atoms with van der Waals surface area (Å²) in [6, 6.07) is 24.7. The van der Waals surface area contributed by atoms with Gasteiger partial charge in [0.25, 0.3) is 0 Å².